The normalized spacial score (nSPS) is 26.2. The Morgan fingerprint density at radius 1 is 1.55 bits per heavy atom. The Kier molecular flexibility index (Phi) is 4.31. The number of nitrogens with zero attached hydrogens (tertiary/aromatic N) is 1. The van der Waals surface area contributed by atoms with E-state index in [1.165, 1.54) is 38.2 Å². The Bertz CT molecular complexity index is 106. The third-order valence-corrected chi connectivity index (χ3v) is 3.03. The van der Waals surface area contributed by atoms with E-state index >= 15 is 0 Å². The van der Waals surface area contributed by atoms with Crippen molar-refractivity contribution in [3.63, 3.8) is 0 Å². The second kappa shape index (κ2) is 5.04. The fourth-order valence-electron chi connectivity index (χ4n) is 1.66. The molecule has 2 heteroatoms. The third-order valence-electron chi connectivity index (χ3n) is 2.33. The molecule has 11 heavy (non-hydrogen) atoms. The van der Waals surface area contributed by atoms with Crippen LogP contribution in [0.4, 0.5) is 0 Å². The first-order valence-corrected chi connectivity index (χ1v) is 5.93. The smallest absolute Gasteiger partial charge is 0.000750 e. The number of thioether (sulfide) groups is 1. The average Bonchev–Trinajstić information content (AvgIpc) is 2.37. The van der Waals surface area contributed by atoms with Crippen LogP contribution < -0.4 is 0 Å². The first kappa shape index (κ1) is 9.40. The summed E-state index contributed by atoms with van der Waals surface area (Å²) in [6.07, 6.45) is 4.97. The lowest BCUT2D eigenvalue weighted by atomic mass is 10.2. The maximum absolute atomic E-state index is 2.60. The van der Waals surface area contributed by atoms with E-state index in [1.807, 2.05) is 11.8 Å². The topological polar surface area (TPSA) is 3.24 Å². The van der Waals surface area contributed by atoms with Crippen LogP contribution >= 0.6 is 11.8 Å². The van der Waals surface area contributed by atoms with E-state index in [0.29, 0.717) is 0 Å². The van der Waals surface area contributed by atoms with Crippen LogP contribution in [0.5, 0.6) is 0 Å². The number of hydrogen-bond donors (Lipinski definition) is 0. The third kappa shape index (κ3) is 3.48. The van der Waals surface area contributed by atoms with Gasteiger partial charge in [-0.1, -0.05) is 6.92 Å². The highest BCUT2D eigenvalue weighted by atomic mass is 32.2. The van der Waals surface area contributed by atoms with Crippen molar-refractivity contribution in [2.45, 2.75) is 19.8 Å². The molecular weight excluding hydrogens is 154 g/mol. The van der Waals surface area contributed by atoms with Crippen molar-refractivity contribution in [3.05, 3.63) is 0 Å². The van der Waals surface area contributed by atoms with E-state index in [1.54, 1.807) is 0 Å². The van der Waals surface area contributed by atoms with Crippen LogP contribution in [0.15, 0.2) is 0 Å². The minimum atomic E-state index is 0.948. The Morgan fingerprint density at radius 2 is 2.36 bits per heavy atom. The Morgan fingerprint density at radius 3 is 2.91 bits per heavy atom. The fraction of sp³-hybridized carbons (Fsp3) is 1.00. The van der Waals surface area contributed by atoms with Crippen molar-refractivity contribution >= 4 is 11.8 Å². The van der Waals surface area contributed by atoms with Gasteiger partial charge in [0, 0.05) is 6.54 Å². The number of rotatable bonds is 4. The van der Waals surface area contributed by atoms with Crippen LogP contribution in [-0.2, 0) is 0 Å². The predicted octanol–water partition coefficient (Wildman–Crippen LogP) is 2.08. The van der Waals surface area contributed by atoms with Crippen LogP contribution in [0, 0.1) is 5.92 Å². The summed E-state index contributed by atoms with van der Waals surface area (Å²) in [7, 11) is 0. The van der Waals surface area contributed by atoms with Gasteiger partial charge in [-0.3, -0.25) is 0 Å². The average molecular weight is 173 g/mol. The standard InChI is InChI=1S/C9H19NS/c1-9-4-6-10(8-9)5-3-7-11-2/h9H,3-8H2,1-2H3. The molecular formula is C9H19NS. The van der Waals surface area contributed by atoms with Gasteiger partial charge in [0.15, 0.2) is 0 Å². The Balaban J connectivity index is 1.99. The quantitative estimate of drug-likeness (QED) is 0.599. The molecule has 0 aliphatic carbocycles. The van der Waals surface area contributed by atoms with E-state index in [2.05, 4.69) is 18.1 Å². The van der Waals surface area contributed by atoms with E-state index < -0.39 is 0 Å². The second-order valence-electron chi connectivity index (χ2n) is 3.54. The van der Waals surface area contributed by atoms with Gasteiger partial charge in [-0.2, -0.15) is 11.8 Å². The van der Waals surface area contributed by atoms with Gasteiger partial charge in [-0.15, -0.1) is 0 Å². The van der Waals surface area contributed by atoms with Crippen molar-refractivity contribution in [1.29, 1.82) is 0 Å². The van der Waals surface area contributed by atoms with E-state index in [9.17, 15) is 0 Å². The van der Waals surface area contributed by atoms with Gasteiger partial charge in [-0.05, 0) is 43.9 Å². The summed E-state index contributed by atoms with van der Waals surface area (Å²) in [6, 6.07) is 0. The second-order valence-corrected chi connectivity index (χ2v) is 4.53. The first-order chi connectivity index (χ1) is 5.33. The van der Waals surface area contributed by atoms with Gasteiger partial charge >= 0.3 is 0 Å². The van der Waals surface area contributed by atoms with Gasteiger partial charge in [0.2, 0.25) is 0 Å². The van der Waals surface area contributed by atoms with Gasteiger partial charge in [-0.25, -0.2) is 0 Å². The van der Waals surface area contributed by atoms with E-state index in [0.717, 1.165) is 5.92 Å². The molecule has 0 N–H and O–H groups in total. The van der Waals surface area contributed by atoms with Crippen LogP contribution in [0.25, 0.3) is 0 Å². The van der Waals surface area contributed by atoms with Gasteiger partial charge in [0.05, 0.1) is 0 Å². The molecule has 1 fully saturated rings. The molecule has 0 saturated carbocycles. The summed E-state index contributed by atoms with van der Waals surface area (Å²) >= 11 is 1.96. The zero-order chi connectivity index (χ0) is 8.10. The lowest BCUT2D eigenvalue weighted by Crippen LogP contribution is -2.21. The van der Waals surface area contributed by atoms with Gasteiger partial charge < -0.3 is 4.90 Å². The van der Waals surface area contributed by atoms with Crippen molar-refractivity contribution in [1.82, 2.24) is 4.90 Å². The summed E-state index contributed by atoms with van der Waals surface area (Å²) in [6.45, 7) is 6.36. The summed E-state index contributed by atoms with van der Waals surface area (Å²) in [5, 5.41) is 0. The largest absolute Gasteiger partial charge is 0.303 e. The monoisotopic (exact) mass is 173 g/mol. The molecule has 1 heterocycles. The molecule has 0 aromatic rings. The molecule has 0 aromatic heterocycles. The SMILES string of the molecule is CSCCCN1CCC(C)C1. The predicted molar refractivity (Wildman–Crippen MR) is 53.2 cm³/mol. The fourth-order valence-corrected chi connectivity index (χ4v) is 2.08. The number of likely N-dealkylation sites (tertiary alicyclic amines) is 1. The molecule has 1 rings (SSSR count). The molecule has 0 spiro atoms. The summed E-state index contributed by atoms with van der Waals surface area (Å²) in [4.78, 5) is 2.60. The molecule has 1 nitrogen and oxygen atoms in total. The van der Waals surface area contributed by atoms with Crippen molar-refractivity contribution < 1.29 is 0 Å². The summed E-state index contributed by atoms with van der Waals surface area (Å²) < 4.78 is 0. The van der Waals surface area contributed by atoms with Crippen molar-refractivity contribution in [3.8, 4) is 0 Å². The summed E-state index contributed by atoms with van der Waals surface area (Å²) in [5.74, 6) is 2.27. The molecule has 1 saturated heterocycles. The lowest BCUT2D eigenvalue weighted by molar-refractivity contribution is 0.330. The molecule has 1 unspecified atom stereocenters. The Labute approximate surface area is 74.5 Å². The van der Waals surface area contributed by atoms with Crippen LogP contribution in [0.2, 0.25) is 0 Å². The molecule has 1 atom stereocenters. The molecule has 0 radical (unpaired) electrons. The van der Waals surface area contributed by atoms with Gasteiger partial charge in [0.25, 0.3) is 0 Å². The minimum Gasteiger partial charge on any atom is -0.303 e. The summed E-state index contributed by atoms with van der Waals surface area (Å²) in [5.41, 5.74) is 0. The van der Waals surface area contributed by atoms with E-state index in [-0.39, 0.29) is 0 Å². The Hall–Kier alpha value is 0.310. The van der Waals surface area contributed by atoms with Gasteiger partial charge in [0.1, 0.15) is 0 Å². The molecule has 66 valence electrons. The highest BCUT2D eigenvalue weighted by Gasteiger charge is 2.17. The molecule has 0 bridgehead atoms. The van der Waals surface area contributed by atoms with Crippen molar-refractivity contribution in [2.75, 3.05) is 31.6 Å². The molecule has 1 aliphatic rings. The first-order valence-electron chi connectivity index (χ1n) is 4.54. The van der Waals surface area contributed by atoms with Crippen LogP contribution in [0.3, 0.4) is 0 Å². The van der Waals surface area contributed by atoms with Crippen LogP contribution in [-0.4, -0.2) is 36.5 Å². The van der Waals surface area contributed by atoms with Crippen LogP contribution in [0.1, 0.15) is 19.8 Å². The van der Waals surface area contributed by atoms with Crippen molar-refractivity contribution in [2.24, 2.45) is 5.92 Å². The maximum Gasteiger partial charge on any atom is 0.000750 e. The molecule has 0 amide bonds. The lowest BCUT2D eigenvalue weighted by Gasteiger charge is -2.13. The maximum atomic E-state index is 2.60. The molecule has 0 aromatic carbocycles. The van der Waals surface area contributed by atoms with E-state index in [4.69, 9.17) is 0 Å². The zero-order valence-electron chi connectivity index (χ0n) is 7.68. The highest BCUT2D eigenvalue weighted by molar-refractivity contribution is 7.98. The highest BCUT2D eigenvalue weighted by Crippen LogP contribution is 2.15. The number of hydrogen-bond acceptors (Lipinski definition) is 2. The molecule has 1 aliphatic heterocycles. The zero-order valence-corrected chi connectivity index (χ0v) is 8.49. The minimum absolute atomic E-state index is 0.948.